The first kappa shape index (κ1) is 18.2. The predicted molar refractivity (Wildman–Crippen MR) is 102 cm³/mol. The van der Waals surface area contributed by atoms with Gasteiger partial charge in [0.05, 0.1) is 0 Å². The molecule has 138 valence electrons. The Morgan fingerprint density at radius 1 is 1.04 bits per heavy atom. The molecule has 0 radical (unpaired) electrons. The van der Waals surface area contributed by atoms with Gasteiger partial charge in [-0.3, -0.25) is 25.2 Å². The second-order valence-electron chi connectivity index (χ2n) is 6.16. The van der Waals surface area contributed by atoms with Gasteiger partial charge in [0, 0.05) is 5.39 Å². The maximum absolute atomic E-state index is 12.2. The van der Waals surface area contributed by atoms with Gasteiger partial charge in [0.2, 0.25) is 0 Å². The van der Waals surface area contributed by atoms with Crippen molar-refractivity contribution in [3.8, 4) is 5.75 Å². The van der Waals surface area contributed by atoms with Gasteiger partial charge in [-0.2, -0.15) is 0 Å². The lowest BCUT2D eigenvalue weighted by Gasteiger charge is -2.11. The number of hydrazine groups is 1. The zero-order valence-electron chi connectivity index (χ0n) is 15.0. The van der Waals surface area contributed by atoms with E-state index in [-0.39, 0.29) is 17.9 Å². The first-order valence-electron chi connectivity index (χ1n) is 8.35. The summed E-state index contributed by atoms with van der Waals surface area (Å²) < 4.78 is 5.47. The second kappa shape index (κ2) is 7.74. The average molecular weight is 365 g/mol. The molecule has 0 aliphatic carbocycles. The SMILES string of the molecule is Cc1ccc(C)c(OCC(=O)NNC(=O)c2cc3ccccc3c(=O)[nH]2)c1. The zero-order valence-corrected chi connectivity index (χ0v) is 15.0. The van der Waals surface area contributed by atoms with Gasteiger partial charge in [0.25, 0.3) is 17.4 Å². The van der Waals surface area contributed by atoms with E-state index in [1.807, 2.05) is 32.0 Å². The van der Waals surface area contributed by atoms with Crippen LogP contribution in [-0.4, -0.2) is 23.4 Å². The highest BCUT2D eigenvalue weighted by Crippen LogP contribution is 2.18. The number of aromatic nitrogens is 1. The molecule has 3 rings (SSSR count). The number of benzene rings is 2. The molecule has 0 saturated carbocycles. The van der Waals surface area contributed by atoms with Gasteiger partial charge in [-0.25, -0.2) is 0 Å². The van der Waals surface area contributed by atoms with Gasteiger partial charge >= 0.3 is 0 Å². The normalized spacial score (nSPS) is 10.4. The van der Waals surface area contributed by atoms with Crippen LogP contribution in [0.3, 0.4) is 0 Å². The molecule has 0 spiro atoms. The fraction of sp³-hybridized carbons (Fsp3) is 0.150. The van der Waals surface area contributed by atoms with Gasteiger partial charge in [-0.05, 0) is 48.6 Å². The number of ether oxygens (including phenoxy) is 1. The molecule has 7 nitrogen and oxygen atoms in total. The number of H-pyrrole nitrogens is 1. The van der Waals surface area contributed by atoms with Crippen LogP contribution in [0.2, 0.25) is 0 Å². The lowest BCUT2D eigenvalue weighted by atomic mass is 10.1. The number of hydrogen-bond donors (Lipinski definition) is 3. The Hall–Kier alpha value is -3.61. The quantitative estimate of drug-likeness (QED) is 0.616. The Morgan fingerprint density at radius 3 is 2.63 bits per heavy atom. The van der Waals surface area contributed by atoms with Crippen molar-refractivity contribution in [3.63, 3.8) is 0 Å². The number of hydrogen-bond acceptors (Lipinski definition) is 4. The van der Waals surface area contributed by atoms with Crippen molar-refractivity contribution in [2.24, 2.45) is 0 Å². The number of fused-ring (bicyclic) bond motifs is 1. The Morgan fingerprint density at radius 2 is 1.81 bits per heavy atom. The van der Waals surface area contributed by atoms with Crippen molar-refractivity contribution in [3.05, 3.63) is 75.7 Å². The van der Waals surface area contributed by atoms with Crippen molar-refractivity contribution >= 4 is 22.6 Å². The van der Waals surface area contributed by atoms with E-state index in [4.69, 9.17) is 4.74 Å². The fourth-order valence-corrected chi connectivity index (χ4v) is 2.57. The Kier molecular flexibility index (Phi) is 5.21. The summed E-state index contributed by atoms with van der Waals surface area (Å²) in [7, 11) is 0. The Labute approximate surface area is 155 Å². The molecule has 0 atom stereocenters. The third-order valence-corrected chi connectivity index (χ3v) is 4.02. The van der Waals surface area contributed by atoms with Crippen LogP contribution in [0.15, 0.2) is 53.3 Å². The van der Waals surface area contributed by atoms with Crippen LogP contribution in [0, 0.1) is 13.8 Å². The van der Waals surface area contributed by atoms with Crippen molar-refractivity contribution < 1.29 is 14.3 Å². The van der Waals surface area contributed by atoms with Crippen molar-refractivity contribution in [2.75, 3.05) is 6.61 Å². The smallest absolute Gasteiger partial charge is 0.286 e. The van der Waals surface area contributed by atoms with E-state index in [9.17, 15) is 14.4 Å². The molecule has 3 N–H and O–H groups in total. The third kappa shape index (κ3) is 4.33. The molecular formula is C20H19N3O4. The number of aryl methyl sites for hydroxylation is 2. The third-order valence-electron chi connectivity index (χ3n) is 4.02. The van der Waals surface area contributed by atoms with E-state index >= 15 is 0 Å². The summed E-state index contributed by atoms with van der Waals surface area (Å²) in [6, 6.07) is 14.2. The van der Waals surface area contributed by atoms with E-state index < -0.39 is 11.8 Å². The first-order chi connectivity index (χ1) is 12.9. The maximum atomic E-state index is 12.2. The van der Waals surface area contributed by atoms with Gasteiger partial charge in [0.1, 0.15) is 11.4 Å². The molecule has 7 heteroatoms. The monoisotopic (exact) mass is 365 g/mol. The van der Waals surface area contributed by atoms with Crippen molar-refractivity contribution in [1.82, 2.24) is 15.8 Å². The number of carbonyl (C=O) groups excluding carboxylic acids is 2. The van der Waals surface area contributed by atoms with Gasteiger partial charge < -0.3 is 9.72 Å². The minimum Gasteiger partial charge on any atom is -0.483 e. The lowest BCUT2D eigenvalue weighted by Crippen LogP contribution is -2.44. The number of amides is 2. The number of pyridine rings is 1. The molecule has 2 aromatic carbocycles. The Balaban J connectivity index is 1.59. The average Bonchev–Trinajstić information content (AvgIpc) is 2.66. The zero-order chi connectivity index (χ0) is 19.4. The summed E-state index contributed by atoms with van der Waals surface area (Å²) in [5.74, 6) is -0.541. The molecule has 0 fully saturated rings. The molecule has 3 aromatic rings. The minimum atomic E-state index is -0.627. The lowest BCUT2D eigenvalue weighted by molar-refractivity contribution is -0.123. The van der Waals surface area contributed by atoms with E-state index in [2.05, 4.69) is 15.8 Å². The van der Waals surface area contributed by atoms with Crippen molar-refractivity contribution in [1.29, 1.82) is 0 Å². The summed E-state index contributed by atoms with van der Waals surface area (Å²) in [6.07, 6.45) is 0. The number of nitrogens with one attached hydrogen (secondary N) is 3. The fourth-order valence-electron chi connectivity index (χ4n) is 2.57. The molecule has 1 heterocycles. The summed E-state index contributed by atoms with van der Waals surface area (Å²) in [6.45, 7) is 3.56. The Bertz CT molecular complexity index is 1070. The number of carbonyl (C=O) groups is 2. The summed E-state index contributed by atoms with van der Waals surface area (Å²) in [5, 5.41) is 1.12. The van der Waals surface area contributed by atoms with E-state index in [0.717, 1.165) is 11.1 Å². The largest absolute Gasteiger partial charge is 0.483 e. The highest BCUT2D eigenvalue weighted by molar-refractivity contribution is 5.97. The number of rotatable bonds is 4. The standard InChI is InChI=1S/C20H19N3O4/c1-12-7-8-13(2)17(9-12)27-11-18(24)22-23-20(26)16-10-14-5-3-4-6-15(14)19(25)21-16/h3-10H,11H2,1-2H3,(H,21,25)(H,22,24)(H,23,26). The van der Waals surface area contributed by atoms with Gasteiger partial charge in [-0.1, -0.05) is 30.3 Å². The minimum absolute atomic E-state index is 0.0504. The predicted octanol–water partition coefficient (Wildman–Crippen LogP) is 1.98. The molecule has 2 amide bonds. The van der Waals surface area contributed by atoms with Gasteiger partial charge in [-0.15, -0.1) is 0 Å². The first-order valence-corrected chi connectivity index (χ1v) is 8.35. The van der Waals surface area contributed by atoms with Crippen LogP contribution in [-0.2, 0) is 4.79 Å². The maximum Gasteiger partial charge on any atom is 0.286 e. The van der Waals surface area contributed by atoms with E-state index in [1.165, 1.54) is 0 Å². The highest BCUT2D eigenvalue weighted by atomic mass is 16.5. The molecule has 0 saturated heterocycles. The van der Waals surface area contributed by atoms with Crippen LogP contribution in [0.25, 0.3) is 10.8 Å². The van der Waals surface area contributed by atoms with Crippen LogP contribution in [0.1, 0.15) is 21.6 Å². The molecule has 1 aromatic heterocycles. The molecule has 0 aliphatic heterocycles. The summed E-state index contributed by atoms with van der Waals surface area (Å²) in [5.41, 5.74) is 6.14. The van der Waals surface area contributed by atoms with Crippen LogP contribution >= 0.6 is 0 Å². The summed E-state index contributed by atoms with van der Waals surface area (Å²) >= 11 is 0. The number of aromatic amines is 1. The molecule has 27 heavy (non-hydrogen) atoms. The van der Waals surface area contributed by atoms with Crippen LogP contribution < -0.4 is 21.1 Å². The van der Waals surface area contributed by atoms with E-state index in [0.29, 0.717) is 16.5 Å². The molecule has 0 aliphatic rings. The highest BCUT2D eigenvalue weighted by Gasteiger charge is 2.11. The van der Waals surface area contributed by atoms with Crippen LogP contribution in [0.5, 0.6) is 5.75 Å². The molecule has 0 bridgehead atoms. The topological polar surface area (TPSA) is 100 Å². The molecule has 0 unspecified atom stereocenters. The van der Waals surface area contributed by atoms with Crippen molar-refractivity contribution in [2.45, 2.75) is 13.8 Å². The van der Waals surface area contributed by atoms with Gasteiger partial charge in [0.15, 0.2) is 6.61 Å². The molecular weight excluding hydrogens is 346 g/mol. The second-order valence-corrected chi connectivity index (χ2v) is 6.16. The summed E-state index contributed by atoms with van der Waals surface area (Å²) in [4.78, 5) is 38.6. The van der Waals surface area contributed by atoms with Crippen LogP contribution in [0.4, 0.5) is 0 Å². The van der Waals surface area contributed by atoms with E-state index in [1.54, 1.807) is 30.3 Å².